The average molecular weight is 420 g/mol. The maximum absolute atomic E-state index is 13.3. The number of hydrogen-bond acceptors (Lipinski definition) is 6. The Morgan fingerprint density at radius 1 is 1.00 bits per heavy atom. The predicted octanol–water partition coefficient (Wildman–Crippen LogP) is 0.439. The summed E-state index contributed by atoms with van der Waals surface area (Å²) in [6, 6.07) is 17.8. The number of carbonyl (C=O) groups excluding carboxylic acids is 3. The zero-order valence-corrected chi connectivity index (χ0v) is 16.9. The minimum atomic E-state index is -1.21. The highest BCUT2D eigenvalue weighted by Gasteiger charge is 2.60. The van der Waals surface area contributed by atoms with Gasteiger partial charge in [0.1, 0.15) is 18.2 Å². The molecule has 5 rings (SSSR count). The number of nitrogens with one attached hydrogen (secondary N) is 3. The lowest BCUT2D eigenvalue weighted by molar-refractivity contribution is -0.153. The molecule has 0 aromatic heterocycles. The first kappa shape index (κ1) is 19.7. The van der Waals surface area contributed by atoms with E-state index in [1.807, 2.05) is 65.6 Å². The molecule has 8 nitrogen and oxygen atoms in total. The van der Waals surface area contributed by atoms with Gasteiger partial charge in [0, 0.05) is 30.6 Å². The number of carbonyl (C=O) groups is 3. The molecule has 0 aliphatic carbocycles. The number of hydrogen-bond donors (Lipinski definition) is 3. The Hall–Kier alpha value is -3.23. The van der Waals surface area contributed by atoms with Crippen LogP contribution in [0.2, 0.25) is 0 Å². The van der Waals surface area contributed by atoms with Crippen molar-refractivity contribution in [2.24, 2.45) is 0 Å². The fraction of sp³-hybridized carbons (Fsp3) is 0.348. The van der Waals surface area contributed by atoms with Crippen molar-refractivity contribution in [3.05, 3.63) is 71.8 Å². The summed E-state index contributed by atoms with van der Waals surface area (Å²) in [4.78, 5) is 39.8. The molecule has 3 saturated heterocycles. The molecule has 2 amide bonds. The van der Waals surface area contributed by atoms with E-state index in [0.717, 1.165) is 11.1 Å². The van der Waals surface area contributed by atoms with Crippen molar-refractivity contribution < 1.29 is 19.1 Å². The summed E-state index contributed by atoms with van der Waals surface area (Å²) in [7, 11) is 0. The van der Waals surface area contributed by atoms with E-state index >= 15 is 0 Å². The highest BCUT2D eigenvalue weighted by molar-refractivity contribution is 5.87. The molecule has 3 atom stereocenters. The van der Waals surface area contributed by atoms with E-state index in [4.69, 9.17) is 4.74 Å². The zero-order chi connectivity index (χ0) is 21.4. The van der Waals surface area contributed by atoms with Crippen LogP contribution in [0, 0.1) is 0 Å². The highest BCUT2D eigenvalue weighted by Crippen LogP contribution is 2.45. The van der Waals surface area contributed by atoms with Crippen molar-refractivity contribution in [2.75, 3.05) is 13.1 Å². The number of rotatable bonds is 4. The third kappa shape index (κ3) is 3.28. The van der Waals surface area contributed by atoms with Crippen LogP contribution in [0.3, 0.4) is 0 Å². The standard InChI is InChI=1S/C23H24N4O4/c28-20-12-11-19(25-20)26-21(29)17-13-24-14-18-22(30)31-23(27(17)18,15-7-3-1-4-8-15)16-9-5-2-6-10-16/h1-10,17-19,24H,11-14H2,(H,25,28)(H,26,29). The molecule has 3 N–H and O–H groups in total. The van der Waals surface area contributed by atoms with E-state index in [0.29, 0.717) is 25.9 Å². The Labute approximate surface area is 179 Å². The van der Waals surface area contributed by atoms with Crippen LogP contribution in [0.4, 0.5) is 0 Å². The summed E-state index contributed by atoms with van der Waals surface area (Å²) < 4.78 is 6.13. The van der Waals surface area contributed by atoms with E-state index in [-0.39, 0.29) is 17.8 Å². The molecule has 3 aliphatic rings. The van der Waals surface area contributed by atoms with Crippen molar-refractivity contribution in [2.45, 2.75) is 36.8 Å². The third-order valence-electron chi connectivity index (χ3n) is 6.18. The normalized spacial score (nSPS) is 27.3. The summed E-state index contributed by atoms with van der Waals surface area (Å²) in [5.74, 6) is -0.696. The molecule has 160 valence electrons. The molecule has 31 heavy (non-hydrogen) atoms. The molecular weight excluding hydrogens is 396 g/mol. The number of amides is 2. The van der Waals surface area contributed by atoms with Gasteiger partial charge in [-0.1, -0.05) is 60.7 Å². The number of fused-ring (bicyclic) bond motifs is 1. The van der Waals surface area contributed by atoms with Crippen molar-refractivity contribution in [3.63, 3.8) is 0 Å². The van der Waals surface area contributed by atoms with Gasteiger partial charge in [-0.25, -0.2) is 4.90 Å². The Morgan fingerprint density at radius 2 is 1.65 bits per heavy atom. The molecule has 3 heterocycles. The minimum Gasteiger partial charge on any atom is -0.434 e. The molecule has 3 unspecified atom stereocenters. The lowest BCUT2D eigenvalue weighted by atomic mass is 9.90. The molecule has 0 spiro atoms. The Kier molecular flexibility index (Phi) is 4.95. The first-order chi connectivity index (χ1) is 15.1. The SMILES string of the molecule is O=C1CCC(NC(=O)C2CNCC3C(=O)OC(c4ccccc4)(c4ccccc4)N23)N1. The zero-order valence-electron chi connectivity index (χ0n) is 16.9. The van der Waals surface area contributed by atoms with Crippen LogP contribution in [-0.2, 0) is 24.8 Å². The average Bonchev–Trinajstić information content (AvgIpc) is 3.36. The molecule has 3 aliphatic heterocycles. The Bertz CT molecular complexity index is 958. The number of esters is 1. The smallest absolute Gasteiger partial charge is 0.327 e. The maximum atomic E-state index is 13.3. The first-order valence-corrected chi connectivity index (χ1v) is 10.5. The number of nitrogens with zero attached hydrogens (tertiary/aromatic N) is 1. The molecular formula is C23H24N4O4. The van der Waals surface area contributed by atoms with Gasteiger partial charge < -0.3 is 20.7 Å². The second kappa shape index (κ2) is 7.79. The van der Waals surface area contributed by atoms with E-state index in [2.05, 4.69) is 16.0 Å². The van der Waals surface area contributed by atoms with Crippen LogP contribution in [-0.4, -0.2) is 54.0 Å². The quantitative estimate of drug-likeness (QED) is 0.621. The summed E-state index contributed by atoms with van der Waals surface area (Å²) in [6.07, 6.45) is 0.536. The van der Waals surface area contributed by atoms with Crippen LogP contribution in [0.1, 0.15) is 24.0 Å². The van der Waals surface area contributed by atoms with E-state index in [1.165, 1.54) is 0 Å². The number of piperazine rings is 1. The monoisotopic (exact) mass is 420 g/mol. The minimum absolute atomic E-state index is 0.0763. The highest BCUT2D eigenvalue weighted by atomic mass is 16.6. The Morgan fingerprint density at radius 3 is 2.23 bits per heavy atom. The summed E-state index contributed by atoms with van der Waals surface area (Å²) in [5, 5.41) is 8.90. The molecule has 0 saturated carbocycles. The van der Waals surface area contributed by atoms with Gasteiger partial charge in [-0.15, -0.1) is 0 Å². The van der Waals surface area contributed by atoms with Gasteiger partial charge >= 0.3 is 5.97 Å². The molecule has 0 radical (unpaired) electrons. The molecule has 2 aromatic carbocycles. The number of benzene rings is 2. The topological polar surface area (TPSA) is 99.8 Å². The van der Waals surface area contributed by atoms with Gasteiger partial charge in [0.15, 0.2) is 0 Å². The van der Waals surface area contributed by atoms with E-state index in [9.17, 15) is 14.4 Å². The van der Waals surface area contributed by atoms with Gasteiger partial charge in [0.2, 0.25) is 17.5 Å². The van der Waals surface area contributed by atoms with Crippen LogP contribution in [0.25, 0.3) is 0 Å². The molecule has 3 fully saturated rings. The first-order valence-electron chi connectivity index (χ1n) is 10.5. The van der Waals surface area contributed by atoms with Crippen molar-refractivity contribution in [1.82, 2.24) is 20.9 Å². The van der Waals surface area contributed by atoms with Crippen molar-refractivity contribution >= 4 is 17.8 Å². The van der Waals surface area contributed by atoms with Crippen molar-refractivity contribution in [1.29, 1.82) is 0 Å². The van der Waals surface area contributed by atoms with E-state index < -0.39 is 24.0 Å². The molecule has 0 bridgehead atoms. The lowest BCUT2D eigenvalue weighted by Gasteiger charge is -2.44. The summed E-state index contributed by atoms with van der Waals surface area (Å²) >= 11 is 0. The van der Waals surface area contributed by atoms with Gasteiger partial charge in [-0.3, -0.25) is 14.4 Å². The predicted molar refractivity (Wildman–Crippen MR) is 111 cm³/mol. The number of ether oxygens (including phenoxy) is 1. The summed E-state index contributed by atoms with van der Waals surface area (Å²) in [5.41, 5.74) is 0.352. The Balaban J connectivity index is 1.58. The second-order valence-electron chi connectivity index (χ2n) is 8.06. The van der Waals surface area contributed by atoms with Gasteiger partial charge in [-0.2, -0.15) is 0 Å². The van der Waals surface area contributed by atoms with Crippen LogP contribution in [0.5, 0.6) is 0 Å². The van der Waals surface area contributed by atoms with Crippen molar-refractivity contribution in [3.8, 4) is 0 Å². The van der Waals surface area contributed by atoms with Crippen LogP contribution < -0.4 is 16.0 Å². The maximum Gasteiger partial charge on any atom is 0.327 e. The number of cyclic esters (lactones) is 1. The fourth-order valence-corrected chi connectivity index (χ4v) is 4.79. The van der Waals surface area contributed by atoms with Gasteiger partial charge in [0.05, 0.1) is 0 Å². The van der Waals surface area contributed by atoms with Gasteiger partial charge in [-0.05, 0) is 6.42 Å². The largest absolute Gasteiger partial charge is 0.434 e. The van der Waals surface area contributed by atoms with Crippen LogP contribution >= 0.6 is 0 Å². The second-order valence-corrected chi connectivity index (χ2v) is 8.06. The summed E-state index contributed by atoms with van der Waals surface area (Å²) in [6.45, 7) is 0.755. The fourth-order valence-electron chi connectivity index (χ4n) is 4.79. The lowest BCUT2D eigenvalue weighted by Crippen LogP contribution is -2.66. The van der Waals surface area contributed by atoms with E-state index in [1.54, 1.807) is 0 Å². The third-order valence-corrected chi connectivity index (χ3v) is 6.18. The van der Waals surface area contributed by atoms with Gasteiger partial charge in [0.25, 0.3) is 0 Å². The molecule has 2 aromatic rings. The van der Waals surface area contributed by atoms with Crippen LogP contribution in [0.15, 0.2) is 60.7 Å². The molecule has 8 heteroatoms.